The maximum atomic E-state index is 12.9. The van der Waals surface area contributed by atoms with Gasteiger partial charge in [0.05, 0.1) is 23.9 Å². The number of morpholine rings is 1. The lowest BCUT2D eigenvalue weighted by Crippen LogP contribution is -2.40. The van der Waals surface area contributed by atoms with Crippen molar-refractivity contribution in [2.75, 3.05) is 26.3 Å². The smallest absolute Gasteiger partial charge is 0.277 e. The van der Waals surface area contributed by atoms with E-state index in [0.29, 0.717) is 54.6 Å². The molecule has 0 N–H and O–H groups in total. The SMILES string of the molecule is Cc1ccc(-c2nnc(CSc3nnc(-c4cccc(S(=O)(=O)N5CCOCC5)c4)o3)o2)cc1. The molecule has 34 heavy (non-hydrogen) atoms. The minimum Gasteiger partial charge on any atom is -0.420 e. The number of ether oxygens (including phenoxy) is 1. The minimum absolute atomic E-state index is 0.175. The molecular weight excluding hydrogens is 478 g/mol. The van der Waals surface area contributed by atoms with Gasteiger partial charge in [-0.25, -0.2) is 8.42 Å². The molecule has 4 aromatic rings. The highest BCUT2D eigenvalue weighted by Gasteiger charge is 2.27. The summed E-state index contributed by atoms with van der Waals surface area (Å²) in [4.78, 5) is 0.175. The molecule has 2 aromatic heterocycles. The van der Waals surface area contributed by atoms with Crippen molar-refractivity contribution in [1.82, 2.24) is 24.7 Å². The Morgan fingerprint density at radius 1 is 0.912 bits per heavy atom. The predicted molar refractivity (Wildman–Crippen MR) is 123 cm³/mol. The standard InChI is InChI=1S/C22H21N5O5S2/c1-15-5-7-16(8-6-15)20-24-23-19(31-20)14-33-22-26-25-21(32-22)17-3-2-4-18(13-17)34(28,29)27-9-11-30-12-10-27/h2-8,13H,9-12,14H2,1H3. The van der Waals surface area contributed by atoms with Crippen LogP contribution < -0.4 is 0 Å². The third-order valence-electron chi connectivity index (χ3n) is 5.18. The van der Waals surface area contributed by atoms with Crippen molar-refractivity contribution in [2.45, 2.75) is 22.8 Å². The zero-order chi connectivity index (χ0) is 23.5. The summed E-state index contributed by atoms with van der Waals surface area (Å²) < 4.78 is 44.0. The van der Waals surface area contributed by atoms with E-state index in [1.165, 1.54) is 16.1 Å². The van der Waals surface area contributed by atoms with Crippen LogP contribution in [-0.2, 0) is 20.5 Å². The Morgan fingerprint density at radius 2 is 1.65 bits per heavy atom. The van der Waals surface area contributed by atoms with Crippen molar-refractivity contribution < 1.29 is 22.0 Å². The van der Waals surface area contributed by atoms with E-state index in [4.69, 9.17) is 13.6 Å². The third-order valence-corrected chi connectivity index (χ3v) is 7.88. The number of aryl methyl sites for hydroxylation is 1. The predicted octanol–water partition coefficient (Wildman–Crippen LogP) is 3.41. The van der Waals surface area contributed by atoms with Crippen LogP contribution in [0.1, 0.15) is 11.5 Å². The molecule has 0 spiro atoms. The molecule has 0 unspecified atom stereocenters. The van der Waals surface area contributed by atoms with Crippen molar-refractivity contribution in [3.8, 4) is 22.9 Å². The van der Waals surface area contributed by atoms with Gasteiger partial charge in [0.2, 0.25) is 27.7 Å². The second-order valence-electron chi connectivity index (χ2n) is 7.57. The van der Waals surface area contributed by atoms with E-state index in [9.17, 15) is 8.42 Å². The van der Waals surface area contributed by atoms with Gasteiger partial charge in [-0.2, -0.15) is 4.31 Å². The zero-order valence-electron chi connectivity index (χ0n) is 18.2. The summed E-state index contributed by atoms with van der Waals surface area (Å²) in [6.45, 7) is 3.44. The summed E-state index contributed by atoms with van der Waals surface area (Å²) in [5.74, 6) is 1.46. The Labute approximate surface area is 200 Å². The molecular formula is C22H21N5O5S2. The average molecular weight is 500 g/mol. The number of sulfonamides is 1. The molecule has 1 saturated heterocycles. The zero-order valence-corrected chi connectivity index (χ0v) is 19.9. The van der Waals surface area contributed by atoms with Gasteiger partial charge >= 0.3 is 0 Å². The Kier molecular flexibility index (Phi) is 6.46. The highest BCUT2D eigenvalue weighted by atomic mass is 32.2. The largest absolute Gasteiger partial charge is 0.420 e. The van der Waals surface area contributed by atoms with Gasteiger partial charge in [-0.05, 0) is 37.3 Å². The lowest BCUT2D eigenvalue weighted by atomic mass is 10.1. The maximum Gasteiger partial charge on any atom is 0.277 e. The summed E-state index contributed by atoms with van der Waals surface area (Å²) in [5.41, 5.74) is 2.52. The molecule has 1 aliphatic rings. The van der Waals surface area contributed by atoms with Crippen LogP contribution in [0, 0.1) is 6.92 Å². The molecule has 176 valence electrons. The summed E-state index contributed by atoms with van der Waals surface area (Å²) in [7, 11) is -3.62. The molecule has 0 atom stereocenters. The Hall–Kier alpha value is -3.06. The Balaban J connectivity index is 1.26. The van der Waals surface area contributed by atoms with Crippen LogP contribution in [0.5, 0.6) is 0 Å². The van der Waals surface area contributed by atoms with E-state index in [0.717, 1.165) is 11.1 Å². The Morgan fingerprint density at radius 3 is 2.44 bits per heavy atom. The number of thioether (sulfide) groups is 1. The normalized spacial score (nSPS) is 15.0. The van der Waals surface area contributed by atoms with Gasteiger partial charge in [-0.1, -0.05) is 35.5 Å². The van der Waals surface area contributed by atoms with Gasteiger partial charge < -0.3 is 13.6 Å². The van der Waals surface area contributed by atoms with Crippen LogP contribution in [0.4, 0.5) is 0 Å². The van der Waals surface area contributed by atoms with Gasteiger partial charge in [-0.15, -0.1) is 20.4 Å². The van der Waals surface area contributed by atoms with E-state index in [2.05, 4.69) is 20.4 Å². The van der Waals surface area contributed by atoms with Gasteiger partial charge in [0.15, 0.2) is 0 Å². The first-order valence-electron chi connectivity index (χ1n) is 10.5. The van der Waals surface area contributed by atoms with Gasteiger partial charge in [-0.3, -0.25) is 0 Å². The summed E-state index contributed by atoms with van der Waals surface area (Å²) in [6.07, 6.45) is 0. The van der Waals surface area contributed by atoms with Gasteiger partial charge in [0.1, 0.15) is 0 Å². The molecule has 10 nitrogen and oxygen atoms in total. The molecule has 5 rings (SSSR count). The highest BCUT2D eigenvalue weighted by Crippen LogP contribution is 2.28. The number of hydrogen-bond donors (Lipinski definition) is 0. The van der Waals surface area contributed by atoms with Crippen LogP contribution in [0.25, 0.3) is 22.9 Å². The fraction of sp³-hybridized carbons (Fsp3) is 0.273. The molecule has 0 aliphatic carbocycles. The maximum absolute atomic E-state index is 12.9. The fourth-order valence-corrected chi connectivity index (χ4v) is 5.41. The van der Waals surface area contributed by atoms with E-state index in [1.807, 2.05) is 31.2 Å². The average Bonchev–Trinajstić information content (AvgIpc) is 3.54. The van der Waals surface area contributed by atoms with E-state index in [1.54, 1.807) is 24.3 Å². The van der Waals surface area contributed by atoms with Gasteiger partial charge in [0.25, 0.3) is 5.22 Å². The minimum atomic E-state index is -3.62. The number of rotatable bonds is 7. The molecule has 1 fully saturated rings. The molecule has 12 heteroatoms. The number of aromatic nitrogens is 4. The summed E-state index contributed by atoms with van der Waals surface area (Å²) >= 11 is 1.26. The number of nitrogens with zero attached hydrogens (tertiary/aromatic N) is 5. The lowest BCUT2D eigenvalue weighted by Gasteiger charge is -2.26. The van der Waals surface area contributed by atoms with E-state index >= 15 is 0 Å². The molecule has 2 aromatic carbocycles. The molecule has 0 amide bonds. The first-order valence-corrected chi connectivity index (χ1v) is 13.0. The third kappa shape index (κ3) is 4.89. The first-order chi connectivity index (χ1) is 16.5. The second-order valence-corrected chi connectivity index (χ2v) is 10.4. The fourth-order valence-electron chi connectivity index (χ4n) is 3.36. The molecule has 1 aliphatic heterocycles. The van der Waals surface area contributed by atoms with Crippen LogP contribution in [0.3, 0.4) is 0 Å². The Bertz CT molecular complexity index is 1380. The van der Waals surface area contributed by atoms with E-state index < -0.39 is 10.0 Å². The molecule has 0 bridgehead atoms. The van der Waals surface area contributed by atoms with Crippen LogP contribution in [0.15, 0.2) is 67.5 Å². The quantitative estimate of drug-likeness (QED) is 0.349. The van der Waals surface area contributed by atoms with Crippen molar-refractivity contribution in [2.24, 2.45) is 0 Å². The first kappa shape index (κ1) is 22.7. The lowest BCUT2D eigenvalue weighted by molar-refractivity contribution is 0.0730. The van der Waals surface area contributed by atoms with Crippen molar-refractivity contribution in [3.05, 3.63) is 60.0 Å². The summed E-state index contributed by atoms with van der Waals surface area (Å²) in [6, 6.07) is 14.3. The van der Waals surface area contributed by atoms with Crippen molar-refractivity contribution in [1.29, 1.82) is 0 Å². The van der Waals surface area contributed by atoms with E-state index in [-0.39, 0.29) is 10.8 Å². The topological polar surface area (TPSA) is 124 Å². The van der Waals surface area contributed by atoms with Crippen molar-refractivity contribution >= 4 is 21.8 Å². The molecule has 0 saturated carbocycles. The summed E-state index contributed by atoms with van der Waals surface area (Å²) in [5, 5.41) is 16.6. The van der Waals surface area contributed by atoms with Crippen LogP contribution in [0.2, 0.25) is 0 Å². The number of benzene rings is 2. The molecule has 0 radical (unpaired) electrons. The van der Waals surface area contributed by atoms with Gasteiger partial charge in [0, 0.05) is 24.2 Å². The van der Waals surface area contributed by atoms with Crippen LogP contribution >= 0.6 is 11.8 Å². The highest BCUT2D eigenvalue weighted by molar-refractivity contribution is 7.98. The molecule has 3 heterocycles. The van der Waals surface area contributed by atoms with Crippen LogP contribution in [-0.4, -0.2) is 59.4 Å². The monoisotopic (exact) mass is 499 g/mol. The second kappa shape index (κ2) is 9.66. The number of hydrogen-bond acceptors (Lipinski definition) is 10. The van der Waals surface area contributed by atoms with Crippen molar-refractivity contribution in [3.63, 3.8) is 0 Å².